The highest BCUT2D eigenvalue weighted by molar-refractivity contribution is 6.08. The van der Waals surface area contributed by atoms with E-state index in [1.165, 1.54) is 12.5 Å². The van der Waals surface area contributed by atoms with E-state index in [4.69, 9.17) is 9.57 Å². The molecule has 1 heterocycles. The Morgan fingerprint density at radius 3 is 2.54 bits per heavy atom. The molecule has 0 N–H and O–H groups in total. The van der Waals surface area contributed by atoms with E-state index in [2.05, 4.69) is 37.2 Å². The summed E-state index contributed by atoms with van der Waals surface area (Å²) in [6.07, 6.45) is 9.45. The predicted molar refractivity (Wildman–Crippen MR) is 134 cm³/mol. The van der Waals surface area contributed by atoms with Crippen molar-refractivity contribution < 1.29 is 19.2 Å². The van der Waals surface area contributed by atoms with Crippen molar-refractivity contribution in [3.05, 3.63) is 47.5 Å². The quantitative estimate of drug-likeness (QED) is 0.405. The molecule has 4 aliphatic carbocycles. The molecular weight excluding hydrogens is 438 g/mol. The largest absolute Gasteiger partial charge is 0.462 e. The molecule has 1 aromatic rings. The van der Waals surface area contributed by atoms with Gasteiger partial charge in [0.05, 0.1) is 11.6 Å². The number of rotatable bonds is 3. The van der Waals surface area contributed by atoms with Gasteiger partial charge in [-0.25, -0.2) is 0 Å². The van der Waals surface area contributed by atoms with Gasteiger partial charge in [0.1, 0.15) is 6.10 Å². The first-order chi connectivity index (χ1) is 16.7. The lowest BCUT2D eigenvalue weighted by molar-refractivity contribution is -0.174. The van der Waals surface area contributed by atoms with E-state index in [0.29, 0.717) is 17.8 Å². The average Bonchev–Trinajstić information content (AvgIpc) is 3.34. The molecule has 3 saturated carbocycles. The molecule has 1 aliphatic heterocycles. The molecule has 0 bridgehead atoms. The second-order valence-corrected chi connectivity index (χ2v) is 12.2. The standard InChI is InChI=1S/C30H37NO4/c1-18(32)30-26(27(31-35-30)20-8-6-5-7-9-20)17-25-23-11-10-21-16-22(34-19(2)33)12-14-28(21,3)24(23)13-15-29(25,30)4/h5-10,22-26H,11-17H2,1-4H3/t22-,23-,24+,25+,26+,28-,29-,30-/m0/s1. The van der Waals surface area contributed by atoms with Crippen LogP contribution >= 0.6 is 0 Å². The minimum atomic E-state index is -0.855. The highest BCUT2D eigenvalue weighted by Gasteiger charge is 2.74. The summed E-state index contributed by atoms with van der Waals surface area (Å²) in [7, 11) is 0. The Morgan fingerprint density at radius 1 is 1.06 bits per heavy atom. The van der Waals surface area contributed by atoms with Gasteiger partial charge >= 0.3 is 5.97 Å². The molecule has 0 unspecified atom stereocenters. The van der Waals surface area contributed by atoms with Gasteiger partial charge < -0.3 is 9.57 Å². The van der Waals surface area contributed by atoms with Crippen molar-refractivity contribution >= 4 is 17.5 Å². The normalized spacial score (nSPS) is 43.5. The molecule has 5 aliphatic rings. The second-order valence-electron chi connectivity index (χ2n) is 12.2. The Kier molecular flexibility index (Phi) is 5.11. The molecule has 3 fully saturated rings. The summed E-state index contributed by atoms with van der Waals surface area (Å²) < 4.78 is 5.60. The first-order valence-corrected chi connectivity index (χ1v) is 13.4. The van der Waals surface area contributed by atoms with E-state index in [1.807, 2.05) is 18.2 Å². The van der Waals surface area contributed by atoms with Crippen LogP contribution in [0.5, 0.6) is 0 Å². The van der Waals surface area contributed by atoms with Gasteiger partial charge in [0.15, 0.2) is 5.78 Å². The monoisotopic (exact) mass is 475 g/mol. The van der Waals surface area contributed by atoms with Crippen molar-refractivity contribution in [2.75, 3.05) is 0 Å². The fourth-order valence-electron chi connectivity index (χ4n) is 9.23. The molecule has 0 radical (unpaired) electrons. The lowest BCUT2D eigenvalue weighted by Crippen LogP contribution is -2.58. The van der Waals surface area contributed by atoms with Crippen molar-refractivity contribution in [2.24, 2.45) is 39.7 Å². The number of nitrogens with zero attached hydrogens (tertiary/aromatic N) is 1. The molecule has 0 aromatic heterocycles. The lowest BCUT2D eigenvalue weighted by atomic mass is 9.46. The zero-order chi connectivity index (χ0) is 24.6. The van der Waals surface area contributed by atoms with Crippen LogP contribution in [0.3, 0.4) is 0 Å². The maximum atomic E-state index is 13.4. The van der Waals surface area contributed by atoms with E-state index in [1.54, 1.807) is 6.92 Å². The number of ether oxygens (including phenoxy) is 1. The van der Waals surface area contributed by atoms with Crippen LogP contribution in [0.15, 0.2) is 47.1 Å². The smallest absolute Gasteiger partial charge is 0.302 e. The highest BCUT2D eigenvalue weighted by atomic mass is 16.7. The van der Waals surface area contributed by atoms with E-state index < -0.39 is 5.60 Å². The van der Waals surface area contributed by atoms with E-state index in [-0.39, 0.29) is 34.6 Å². The van der Waals surface area contributed by atoms with Crippen molar-refractivity contribution in [1.29, 1.82) is 0 Å². The third kappa shape index (κ3) is 3.02. The molecule has 35 heavy (non-hydrogen) atoms. The second kappa shape index (κ2) is 7.78. The van der Waals surface area contributed by atoms with Gasteiger partial charge in [0, 0.05) is 18.8 Å². The predicted octanol–water partition coefficient (Wildman–Crippen LogP) is 5.87. The molecule has 1 aromatic carbocycles. The Morgan fingerprint density at radius 2 is 1.83 bits per heavy atom. The SMILES string of the molecule is CC(=O)O[C@H]1CC[C@@]2(C)C(=CC[C@H]3[C@H]2CC[C@@]2(C)[C@@H]3C[C@@H]3C(c4ccccc4)=NO[C@@]32C(C)=O)C1. The number of oxime groups is 1. The van der Waals surface area contributed by atoms with Crippen LogP contribution in [0, 0.1) is 34.5 Å². The number of fused-ring (bicyclic) bond motifs is 7. The maximum absolute atomic E-state index is 13.4. The summed E-state index contributed by atoms with van der Waals surface area (Å²) in [5.41, 5.74) is 2.59. The van der Waals surface area contributed by atoms with Gasteiger partial charge in [-0.1, -0.05) is 61.0 Å². The minimum Gasteiger partial charge on any atom is -0.462 e. The van der Waals surface area contributed by atoms with Crippen molar-refractivity contribution in [2.45, 2.75) is 84.3 Å². The van der Waals surface area contributed by atoms with Crippen LogP contribution in [0.2, 0.25) is 0 Å². The topological polar surface area (TPSA) is 65.0 Å². The summed E-state index contributed by atoms with van der Waals surface area (Å²) in [5, 5.41) is 4.58. The molecule has 8 atom stereocenters. The van der Waals surface area contributed by atoms with Crippen LogP contribution in [0.4, 0.5) is 0 Å². The summed E-state index contributed by atoms with van der Waals surface area (Å²) >= 11 is 0. The number of benzene rings is 1. The lowest BCUT2D eigenvalue weighted by Gasteiger charge is -2.58. The Hall–Kier alpha value is -2.43. The third-order valence-electron chi connectivity index (χ3n) is 10.8. The minimum absolute atomic E-state index is 0.00837. The van der Waals surface area contributed by atoms with E-state index in [9.17, 15) is 9.59 Å². The summed E-state index contributed by atoms with van der Waals surface area (Å²) in [6.45, 7) is 7.99. The molecule has 5 heteroatoms. The number of hydrogen-bond donors (Lipinski definition) is 0. The average molecular weight is 476 g/mol. The third-order valence-corrected chi connectivity index (χ3v) is 10.8. The number of esters is 1. The van der Waals surface area contributed by atoms with Gasteiger partial charge in [0.25, 0.3) is 0 Å². The summed E-state index contributed by atoms with van der Waals surface area (Å²) in [4.78, 5) is 31.3. The molecule has 5 nitrogen and oxygen atoms in total. The zero-order valence-corrected chi connectivity index (χ0v) is 21.4. The van der Waals surface area contributed by atoms with E-state index >= 15 is 0 Å². The van der Waals surface area contributed by atoms with Gasteiger partial charge in [-0.3, -0.25) is 9.59 Å². The number of carbonyl (C=O) groups excluding carboxylic acids is 2. The number of ketones is 1. The fraction of sp³-hybridized carbons (Fsp3) is 0.633. The van der Waals surface area contributed by atoms with E-state index in [0.717, 1.165) is 56.2 Å². The zero-order valence-electron chi connectivity index (χ0n) is 21.4. The number of Topliss-reactive ketones (excluding diaryl/α,β-unsaturated/α-hetero) is 1. The number of carbonyl (C=O) groups is 2. The van der Waals surface area contributed by atoms with Crippen LogP contribution in [0.1, 0.15) is 78.2 Å². The summed E-state index contributed by atoms with van der Waals surface area (Å²) in [6, 6.07) is 10.3. The van der Waals surface area contributed by atoms with Crippen molar-refractivity contribution in [3.8, 4) is 0 Å². The van der Waals surface area contributed by atoms with Crippen LogP contribution in [-0.2, 0) is 19.2 Å². The highest BCUT2D eigenvalue weighted by Crippen LogP contribution is 2.70. The molecule has 186 valence electrons. The molecule has 0 saturated heterocycles. The molecular formula is C30H37NO4. The van der Waals surface area contributed by atoms with Gasteiger partial charge in [-0.2, -0.15) is 0 Å². The van der Waals surface area contributed by atoms with Gasteiger partial charge in [0.2, 0.25) is 5.60 Å². The molecule has 6 rings (SSSR count). The first kappa shape index (κ1) is 23.0. The fourth-order valence-corrected chi connectivity index (χ4v) is 9.23. The van der Waals surface area contributed by atoms with Crippen LogP contribution in [0.25, 0.3) is 0 Å². The maximum Gasteiger partial charge on any atom is 0.302 e. The first-order valence-electron chi connectivity index (χ1n) is 13.4. The van der Waals surface area contributed by atoms with Gasteiger partial charge in [-0.05, 0) is 74.2 Å². The Bertz CT molecular complexity index is 1120. The number of allylic oxidation sites excluding steroid dienone is 1. The van der Waals surface area contributed by atoms with Crippen molar-refractivity contribution in [3.63, 3.8) is 0 Å². The Labute approximate surface area is 208 Å². The summed E-state index contributed by atoms with van der Waals surface area (Å²) in [5.74, 6) is 1.51. The van der Waals surface area contributed by atoms with Crippen LogP contribution < -0.4 is 0 Å². The van der Waals surface area contributed by atoms with Crippen LogP contribution in [-0.4, -0.2) is 29.2 Å². The molecule has 0 amide bonds. The van der Waals surface area contributed by atoms with Gasteiger partial charge in [-0.15, -0.1) is 0 Å². The van der Waals surface area contributed by atoms with Crippen molar-refractivity contribution in [1.82, 2.24) is 0 Å². The number of hydrogen-bond acceptors (Lipinski definition) is 5. The Balaban J connectivity index is 1.35. The molecule has 0 spiro atoms.